The summed E-state index contributed by atoms with van der Waals surface area (Å²) < 4.78 is 0. The van der Waals surface area contributed by atoms with Crippen LogP contribution in [0.2, 0.25) is 0 Å². The Labute approximate surface area is 321 Å². The summed E-state index contributed by atoms with van der Waals surface area (Å²) in [5.74, 6) is 1.82. The largest absolute Gasteiger partial charge is 0.255 e. The van der Waals surface area contributed by atoms with E-state index in [1.807, 2.05) is 54.7 Å². The fourth-order valence-corrected chi connectivity index (χ4v) is 8.83. The number of hydrogen-bond donors (Lipinski definition) is 0. The van der Waals surface area contributed by atoms with Gasteiger partial charge < -0.3 is 0 Å². The second-order valence-electron chi connectivity index (χ2n) is 14.6. The van der Waals surface area contributed by atoms with E-state index in [2.05, 4.69) is 127 Å². The zero-order valence-electron chi connectivity index (χ0n) is 30.1. The maximum absolute atomic E-state index is 5.10. The molecule has 0 amide bonds. The second kappa shape index (κ2) is 12.0. The van der Waals surface area contributed by atoms with Crippen LogP contribution in [0.4, 0.5) is 0 Å². The van der Waals surface area contributed by atoms with Crippen LogP contribution >= 0.6 is 0 Å². The molecule has 2 aromatic heterocycles. The maximum atomic E-state index is 5.10. The van der Waals surface area contributed by atoms with Gasteiger partial charge in [0.15, 0.2) is 17.5 Å². The molecule has 0 spiro atoms. The Morgan fingerprint density at radius 3 is 1.45 bits per heavy atom. The smallest absolute Gasteiger partial charge is 0.165 e. The highest BCUT2D eigenvalue weighted by Gasteiger charge is 2.18. The Balaban J connectivity index is 1.11. The lowest BCUT2D eigenvalue weighted by atomic mass is 9.86. The minimum atomic E-state index is 0.588. The molecular formula is C52H30N4. The van der Waals surface area contributed by atoms with E-state index in [0.717, 1.165) is 38.7 Å². The van der Waals surface area contributed by atoms with Gasteiger partial charge in [-0.3, -0.25) is 4.98 Å². The molecule has 4 heteroatoms. The van der Waals surface area contributed by atoms with Gasteiger partial charge in [-0.05, 0) is 106 Å². The van der Waals surface area contributed by atoms with E-state index in [4.69, 9.17) is 19.9 Å². The first-order chi connectivity index (χ1) is 27.7. The van der Waals surface area contributed by atoms with Gasteiger partial charge in [-0.2, -0.15) is 0 Å². The lowest BCUT2D eigenvalue weighted by Crippen LogP contribution is -2.00. The summed E-state index contributed by atoms with van der Waals surface area (Å²) in [6, 6.07) is 63.0. The fraction of sp³-hybridized carbons (Fsp3) is 0. The topological polar surface area (TPSA) is 51.6 Å². The molecule has 56 heavy (non-hydrogen) atoms. The van der Waals surface area contributed by atoms with E-state index in [0.29, 0.717) is 17.5 Å². The van der Waals surface area contributed by atoms with Gasteiger partial charge in [0.05, 0.1) is 5.52 Å². The lowest BCUT2D eigenvalue weighted by molar-refractivity contribution is 1.07. The molecule has 258 valence electrons. The molecule has 0 saturated heterocycles. The molecule has 0 aliphatic carbocycles. The van der Waals surface area contributed by atoms with Gasteiger partial charge >= 0.3 is 0 Å². The van der Waals surface area contributed by atoms with Crippen LogP contribution < -0.4 is 0 Å². The number of para-hydroxylation sites is 1. The molecule has 12 rings (SSSR count). The summed E-state index contributed by atoms with van der Waals surface area (Å²) in [6.45, 7) is 0. The first-order valence-electron chi connectivity index (χ1n) is 19.0. The second-order valence-corrected chi connectivity index (χ2v) is 14.6. The van der Waals surface area contributed by atoms with Crippen molar-refractivity contribution < 1.29 is 0 Å². The molecule has 0 bridgehead atoms. The average molecular weight is 711 g/mol. The van der Waals surface area contributed by atoms with E-state index >= 15 is 0 Å². The average Bonchev–Trinajstić information content (AvgIpc) is 3.27. The lowest BCUT2D eigenvalue weighted by Gasteiger charge is -2.17. The van der Waals surface area contributed by atoms with Gasteiger partial charge in [-0.15, -0.1) is 0 Å². The number of rotatable bonds is 4. The van der Waals surface area contributed by atoms with Crippen molar-refractivity contribution in [1.29, 1.82) is 0 Å². The molecule has 0 saturated carbocycles. The third-order valence-corrected chi connectivity index (χ3v) is 11.4. The molecule has 0 aliphatic rings. The molecule has 2 heterocycles. The van der Waals surface area contributed by atoms with E-state index in [1.54, 1.807) is 0 Å². The monoisotopic (exact) mass is 710 g/mol. The van der Waals surface area contributed by atoms with Crippen LogP contribution in [0.5, 0.6) is 0 Å². The maximum Gasteiger partial charge on any atom is 0.165 e. The number of hydrogen-bond acceptors (Lipinski definition) is 4. The van der Waals surface area contributed by atoms with E-state index in [1.165, 1.54) is 64.6 Å². The summed E-state index contributed by atoms with van der Waals surface area (Å²) in [7, 11) is 0. The van der Waals surface area contributed by atoms with Crippen molar-refractivity contribution in [3.05, 3.63) is 182 Å². The molecule has 0 atom stereocenters. The predicted molar refractivity (Wildman–Crippen MR) is 233 cm³/mol. The van der Waals surface area contributed by atoms with Crippen molar-refractivity contribution in [2.75, 3.05) is 0 Å². The summed E-state index contributed by atoms with van der Waals surface area (Å²) in [6.07, 6.45) is 1.85. The van der Waals surface area contributed by atoms with E-state index < -0.39 is 0 Å². The highest BCUT2D eigenvalue weighted by molar-refractivity contribution is 6.37. The molecule has 0 N–H and O–H groups in total. The van der Waals surface area contributed by atoms with Gasteiger partial charge in [-0.25, -0.2) is 15.0 Å². The van der Waals surface area contributed by atoms with Crippen LogP contribution in [0, 0.1) is 0 Å². The van der Waals surface area contributed by atoms with Crippen LogP contribution in [-0.4, -0.2) is 19.9 Å². The highest BCUT2D eigenvalue weighted by atomic mass is 15.0. The fourth-order valence-electron chi connectivity index (χ4n) is 8.83. The molecule has 0 fully saturated rings. The molecule has 4 nitrogen and oxygen atoms in total. The van der Waals surface area contributed by atoms with E-state index in [-0.39, 0.29) is 0 Å². The molecular weight excluding hydrogens is 681 g/mol. The summed E-state index contributed by atoms with van der Waals surface area (Å²) in [5.41, 5.74) is 5.86. The highest BCUT2D eigenvalue weighted by Crippen LogP contribution is 2.44. The number of benzene rings is 9. The molecule has 12 aromatic rings. The van der Waals surface area contributed by atoms with Crippen LogP contribution in [0.15, 0.2) is 182 Å². The number of fused-ring (bicyclic) bond motifs is 3. The van der Waals surface area contributed by atoms with Crippen molar-refractivity contribution in [2.45, 2.75) is 0 Å². The number of nitrogens with zero attached hydrogens (tertiary/aromatic N) is 4. The third-order valence-electron chi connectivity index (χ3n) is 11.4. The number of aromatic nitrogens is 4. The Morgan fingerprint density at radius 2 is 0.750 bits per heavy atom. The predicted octanol–water partition coefficient (Wildman–Crippen LogP) is 13.4. The number of pyridine rings is 1. The normalized spacial score (nSPS) is 11.9. The van der Waals surface area contributed by atoms with Crippen LogP contribution in [-0.2, 0) is 0 Å². The first kappa shape index (κ1) is 30.9. The van der Waals surface area contributed by atoms with Crippen molar-refractivity contribution in [3.63, 3.8) is 0 Å². The minimum absolute atomic E-state index is 0.588. The summed E-state index contributed by atoms with van der Waals surface area (Å²) in [4.78, 5) is 19.9. The van der Waals surface area contributed by atoms with Crippen molar-refractivity contribution in [3.8, 4) is 45.3 Å². The minimum Gasteiger partial charge on any atom is -0.255 e. The summed E-state index contributed by atoms with van der Waals surface area (Å²) in [5, 5.41) is 16.3. The molecule has 0 aliphatic heterocycles. The van der Waals surface area contributed by atoms with Gasteiger partial charge in [0.25, 0.3) is 0 Å². The Kier molecular flexibility index (Phi) is 6.60. The van der Waals surface area contributed by atoms with Crippen LogP contribution in [0.25, 0.3) is 121 Å². The van der Waals surface area contributed by atoms with Gasteiger partial charge in [0, 0.05) is 28.3 Å². The summed E-state index contributed by atoms with van der Waals surface area (Å²) >= 11 is 0. The Morgan fingerprint density at radius 1 is 0.268 bits per heavy atom. The molecule has 10 aromatic carbocycles. The SMILES string of the molecule is c1ccc(-c2nc(-c3cccc(-c4cc5ccc6cccc7c8cccc9ccc%10cccc(c(c4)c5c67)c%10c98)c3)nc(-c3cnc4ccccc4c3)n2)cc1. The van der Waals surface area contributed by atoms with Crippen LogP contribution in [0.1, 0.15) is 0 Å². The quantitative estimate of drug-likeness (QED) is 0.171. The standard InChI is InChI=1S/C52H30N4/c1-2-10-34(11-3-1)50-54-51(56-52(55-50)40-27-36-12-4-5-21-45(36)53-30-40)38-17-6-16-35(26-38)39-28-37-25-24-33-14-8-19-42-41-18-7-13-31-22-23-32-15-9-20-43(48(32)46(31)41)44(29-39)49(37)47(33)42/h1-30H. The third kappa shape index (κ3) is 4.73. The van der Waals surface area contributed by atoms with Crippen molar-refractivity contribution >= 4 is 75.5 Å². The van der Waals surface area contributed by atoms with Gasteiger partial charge in [0.2, 0.25) is 0 Å². The zero-order valence-corrected chi connectivity index (χ0v) is 30.1. The Bertz CT molecular complexity index is 3530. The Hall–Kier alpha value is -7.56. The van der Waals surface area contributed by atoms with Crippen LogP contribution in [0.3, 0.4) is 0 Å². The van der Waals surface area contributed by atoms with Gasteiger partial charge in [0.1, 0.15) is 0 Å². The van der Waals surface area contributed by atoms with Crippen molar-refractivity contribution in [2.24, 2.45) is 0 Å². The first-order valence-corrected chi connectivity index (χ1v) is 19.0. The molecule has 0 radical (unpaired) electrons. The van der Waals surface area contributed by atoms with E-state index in [9.17, 15) is 0 Å². The zero-order chi connectivity index (χ0) is 36.7. The molecule has 0 unspecified atom stereocenters. The van der Waals surface area contributed by atoms with Gasteiger partial charge in [-0.1, -0.05) is 146 Å². The van der Waals surface area contributed by atoms with Crippen molar-refractivity contribution in [1.82, 2.24) is 19.9 Å².